The van der Waals surface area contributed by atoms with Gasteiger partial charge < -0.3 is 103 Å². The zero-order chi connectivity index (χ0) is 85.6. The van der Waals surface area contributed by atoms with Crippen molar-refractivity contribution in [3.05, 3.63) is 159 Å². The number of nitrogens with one attached hydrogen (secondary N) is 1. The Morgan fingerprint density at radius 3 is 1.19 bits per heavy atom. The van der Waals surface area contributed by atoms with Gasteiger partial charge in [-0.2, -0.15) is 0 Å². The SMILES string of the molecule is C.CC(C)(C)OC(=O)CBr.COc1ccc(N)c([N+](=O)[O-])c1.COc1ccc(NCC(=O)OC(C)(C)C)c([N+](=O)[O-])c1.COc1ccc2c(c1)ncn2CC(=O)O.COc1ccc2c(c1)ncn2CC(=O)OC(C)(C)C.COc1ccc2c(c1)ncn2CC(O)(P(=O)(O)O)P(=O)(O)O.ClP(Cl)Cl.Nc1ccc(O)cc1[N+](=O)[O-]. The van der Waals surface area contributed by atoms with E-state index in [1.165, 1.54) is 82.3 Å². The molecule has 0 saturated carbocycles. The number of aromatic hydroxyl groups is 1. The molecule has 0 aliphatic heterocycles. The lowest BCUT2D eigenvalue weighted by molar-refractivity contribution is -0.384. The standard InChI is InChI=1S/C14H18N2O3.C13H18N2O5.C10H14N2O8P2.C10H10N2O3.C7H8N2O3.C6H11BrO2.C6H6N2O3.CH4.Cl3P/c1-14(2,3)19-13(17)8-16-9-15-11-7-10(18-4)5-6-12(11)16;1-13(2,3)20-12(16)8-14-10-6-5-9(19-4)7-11(10)15(17)18;1-20-7-2-3-9-8(4-7)11-6-12(9)5-10(13,21(14,15)16)22(17,18)19;1-15-7-2-3-9-8(4-7)11-6-12(9)5-10(13)14;1-12-5-2-3-6(8)7(4-5)9(10)11;1-6(2,3)9-5(8)4-7;7-5-2-1-4(9)3-6(5)8(10)11;;1-4(2)3/h5-7,9H,8H2,1-4H3;5-7,14H,8H2,1-4H3;2-4,6,13H,5H2,1H3,(H2,14,15,16)(H2,17,18,19);2-4,6H,5H2,1H3,(H,13,14);2-4H,8H2,1H3;4H2,1-3H3;1-3,9H,7H2;1H4;. The Morgan fingerprint density at radius 1 is 0.522 bits per heavy atom. The van der Waals surface area contributed by atoms with Crippen LogP contribution < -0.4 is 40.5 Å². The van der Waals surface area contributed by atoms with E-state index in [1.807, 2.05) is 59.7 Å². The second kappa shape index (κ2) is 45.7. The lowest BCUT2D eigenvalue weighted by atomic mass is 10.2. The van der Waals surface area contributed by atoms with Gasteiger partial charge in [0.2, 0.25) is 0 Å². The quantitative estimate of drug-likeness (QED) is 0.00495. The summed E-state index contributed by atoms with van der Waals surface area (Å²) < 4.78 is 67.3. The highest BCUT2D eigenvalue weighted by atomic mass is 79.9. The summed E-state index contributed by atoms with van der Waals surface area (Å²) in [6, 6.07) is 27.7. The number of alkyl halides is 1. The molecule has 0 fully saturated rings. The maximum Gasteiger partial charge on any atom is 0.371 e. The summed E-state index contributed by atoms with van der Waals surface area (Å²) in [5, 5.41) is 58.4. The summed E-state index contributed by atoms with van der Waals surface area (Å²) in [6.45, 7) is 15.2. The smallest absolute Gasteiger partial charge is 0.371 e. The predicted molar refractivity (Wildman–Crippen MR) is 429 cm³/mol. The number of nitrogens with two attached hydrogens (primary N) is 2. The normalized spacial score (nSPS) is 11.0. The molecule has 3 heterocycles. The van der Waals surface area contributed by atoms with Crippen molar-refractivity contribution in [1.82, 2.24) is 28.7 Å². The van der Waals surface area contributed by atoms with Crippen molar-refractivity contribution in [2.75, 3.05) is 64.2 Å². The molecule has 113 heavy (non-hydrogen) atoms. The first kappa shape index (κ1) is 101. The molecule has 0 bridgehead atoms. The zero-order valence-electron chi connectivity index (χ0n) is 62.5. The van der Waals surface area contributed by atoms with Crippen LogP contribution in [0.5, 0.6) is 34.5 Å². The number of aliphatic hydroxyl groups is 1. The number of fused-ring (bicyclic) bond motifs is 3. The minimum Gasteiger partial charge on any atom is -0.508 e. The number of carbonyl (C=O) groups excluding carboxylic acids is 3. The fourth-order valence-electron chi connectivity index (χ4n) is 8.48. The first-order valence-corrected chi connectivity index (χ1v) is 40.0. The van der Waals surface area contributed by atoms with E-state index in [1.54, 1.807) is 80.8 Å². The van der Waals surface area contributed by atoms with Crippen LogP contribution in [-0.4, -0.2) is 172 Å². The molecule has 0 atom stereocenters. The van der Waals surface area contributed by atoms with E-state index in [4.69, 9.17) is 113 Å². The average Bonchev–Trinajstić information content (AvgIpc) is 1.74. The number of imidazole rings is 3. The van der Waals surface area contributed by atoms with E-state index in [2.05, 4.69) is 36.2 Å². The highest BCUT2D eigenvalue weighted by molar-refractivity contribution is 9.09. The van der Waals surface area contributed by atoms with Crippen molar-refractivity contribution >= 4 is 162 Å². The largest absolute Gasteiger partial charge is 0.508 e. The van der Waals surface area contributed by atoms with Gasteiger partial charge in [0, 0.05) is 18.2 Å². The third-order valence-electron chi connectivity index (χ3n) is 13.2. The van der Waals surface area contributed by atoms with Crippen LogP contribution in [0.25, 0.3) is 33.1 Å². The van der Waals surface area contributed by atoms with Crippen LogP contribution in [0.1, 0.15) is 69.7 Å². The van der Waals surface area contributed by atoms with Crippen LogP contribution in [0.3, 0.4) is 0 Å². The molecule has 0 aliphatic rings. The lowest BCUT2D eigenvalue weighted by Gasteiger charge is -2.29. The molecule has 39 nitrogen and oxygen atoms in total. The Morgan fingerprint density at radius 2 is 0.841 bits per heavy atom. The summed E-state index contributed by atoms with van der Waals surface area (Å²) in [4.78, 5) is 123. The minimum absolute atomic E-state index is 0. The fraction of sp³-hybridized carbons (Fsp3) is 0.358. The van der Waals surface area contributed by atoms with Gasteiger partial charge in [-0.15, -0.1) is 0 Å². The van der Waals surface area contributed by atoms with E-state index < -0.39 is 70.7 Å². The molecule has 9 rings (SSSR count). The number of nitrogen functional groups attached to an aromatic ring is 2. The number of ether oxygens (including phenoxy) is 8. The van der Waals surface area contributed by atoms with Gasteiger partial charge in [0.15, 0.2) is 5.98 Å². The number of carboxylic acids is 1. The van der Waals surface area contributed by atoms with Gasteiger partial charge >= 0.3 is 39.1 Å². The number of nitro benzene ring substituents is 3. The number of rotatable bonds is 20. The summed E-state index contributed by atoms with van der Waals surface area (Å²) in [5.41, 5.74) is 12.9. The summed E-state index contributed by atoms with van der Waals surface area (Å²) in [7, 11) is -3.55. The van der Waals surface area contributed by atoms with E-state index in [-0.39, 0.29) is 89.8 Å². The fourth-order valence-corrected chi connectivity index (χ4v) is 10.6. The highest BCUT2D eigenvalue weighted by Crippen LogP contribution is 2.68. The number of halogens is 4. The molecule has 0 saturated heterocycles. The van der Waals surface area contributed by atoms with Gasteiger partial charge in [0.05, 0.1) is 127 Å². The Kier molecular flexibility index (Phi) is 40.8. The van der Waals surface area contributed by atoms with E-state index >= 15 is 0 Å². The van der Waals surface area contributed by atoms with Crippen LogP contribution in [0.2, 0.25) is 0 Å². The number of benzene rings is 6. The van der Waals surface area contributed by atoms with Crippen molar-refractivity contribution in [3.63, 3.8) is 0 Å². The molecule has 46 heteroatoms. The molecule has 0 aliphatic carbocycles. The van der Waals surface area contributed by atoms with Gasteiger partial charge in [-0.25, -0.2) is 15.0 Å². The molecular weight excluding hydrogens is 1680 g/mol. The number of esters is 3. The average molecular weight is 1770 g/mol. The van der Waals surface area contributed by atoms with Crippen molar-refractivity contribution < 1.29 is 116 Å². The second-order valence-corrected chi connectivity index (χ2v) is 34.8. The molecule has 0 radical (unpaired) electrons. The number of anilines is 3. The summed E-state index contributed by atoms with van der Waals surface area (Å²) in [5.74, 6) is -0.486. The van der Waals surface area contributed by atoms with Crippen molar-refractivity contribution in [1.29, 1.82) is 0 Å². The monoisotopic (exact) mass is 1770 g/mol. The van der Waals surface area contributed by atoms with Crippen molar-refractivity contribution in [2.45, 2.75) is 111 Å². The lowest BCUT2D eigenvalue weighted by Crippen LogP contribution is -2.33. The third-order valence-corrected chi connectivity index (χ3v) is 17.4. The van der Waals surface area contributed by atoms with Crippen LogP contribution in [-0.2, 0) is 62.2 Å². The number of phenols is 1. The number of nitrogens with zero attached hydrogens (tertiary/aromatic N) is 9. The predicted octanol–water partition coefficient (Wildman–Crippen LogP) is 13.3. The Bertz CT molecular complexity index is 4750. The summed E-state index contributed by atoms with van der Waals surface area (Å²) >= 11 is 17.6. The van der Waals surface area contributed by atoms with Gasteiger partial charge in [-0.05, 0) is 135 Å². The number of methoxy groups -OCH3 is 5. The van der Waals surface area contributed by atoms with E-state index in [0.29, 0.717) is 34.0 Å². The topological polar surface area (TPSA) is 565 Å². The Hall–Kier alpha value is -9.95. The van der Waals surface area contributed by atoms with Crippen LogP contribution in [0, 0.1) is 30.3 Å². The number of phenolic OH excluding ortho intramolecular Hbond substituents is 1. The first-order chi connectivity index (χ1) is 51.8. The van der Waals surface area contributed by atoms with Gasteiger partial charge in [-0.3, -0.25) is 58.7 Å². The maximum absolute atomic E-state index is 11.8. The molecular formula is C67H89BrCl3N12O27P3. The van der Waals surface area contributed by atoms with Gasteiger partial charge in [0.25, 0.3) is 22.1 Å². The van der Waals surface area contributed by atoms with Crippen LogP contribution in [0.4, 0.5) is 34.1 Å². The second-order valence-electron chi connectivity index (χ2n) is 25.2. The number of nitro groups is 3. The molecule has 0 amide bonds. The molecule has 0 spiro atoms. The molecule has 12 N–H and O–H groups in total. The van der Waals surface area contributed by atoms with Crippen molar-refractivity contribution in [2.24, 2.45) is 0 Å². The van der Waals surface area contributed by atoms with Crippen molar-refractivity contribution in [3.8, 4) is 34.5 Å². The molecule has 622 valence electrons. The van der Waals surface area contributed by atoms with Crippen LogP contribution in [0.15, 0.2) is 128 Å². The minimum atomic E-state index is -5.52. The number of hydrogen-bond donors (Lipinski definition) is 10. The first-order valence-electron chi connectivity index (χ1n) is 31.6. The number of carbonyl (C=O) groups is 4. The summed E-state index contributed by atoms with van der Waals surface area (Å²) in [6.07, 6.45) is 4.26. The molecule has 6 aromatic carbocycles. The molecule has 9 aromatic rings. The van der Waals surface area contributed by atoms with E-state index in [9.17, 15) is 63.8 Å². The van der Waals surface area contributed by atoms with Crippen LogP contribution >= 0.6 is 70.8 Å². The molecule has 0 unspecified atom stereocenters. The highest BCUT2D eigenvalue weighted by Gasteiger charge is 2.60. The Labute approximate surface area is 671 Å². The third kappa shape index (κ3) is 35.3. The Balaban J connectivity index is 0.000000664. The number of aromatic nitrogens is 6. The number of hydrogen-bond acceptors (Lipinski definition) is 28. The maximum atomic E-state index is 11.8. The number of aliphatic carboxylic acids is 1. The van der Waals surface area contributed by atoms with Gasteiger partial charge in [0.1, 0.15) is 93.3 Å². The van der Waals surface area contributed by atoms with Gasteiger partial charge in [-0.1, -0.05) is 57.1 Å². The molecule has 3 aromatic heterocycles. The zero-order valence-corrected chi connectivity index (χ0v) is 69.0. The number of carboxylic acid groups (broad SMARTS) is 1. The van der Waals surface area contributed by atoms with E-state index in [0.717, 1.165) is 44.8 Å².